The van der Waals surface area contributed by atoms with E-state index in [1.165, 1.54) is 0 Å². The molecule has 0 amide bonds. The van der Waals surface area contributed by atoms with E-state index in [2.05, 4.69) is 0 Å². The SMILES string of the molecule is O=S(=O)([O-])C(F)(F)C(F)(F)C(F)CCCC(F)(F)F.[NH4+]. The smallest absolute Gasteiger partial charge is 0.399 e. The van der Waals surface area contributed by atoms with E-state index in [0.29, 0.717) is 0 Å². The molecule has 124 valence electrons. The van der Waals surface area contributed by atoms with E-state index in [0.717, 1.165) is 0 Å². The van der Waals surface area contributed by atoms with Gasteiger partial charge in [-0.1, -0.05) is 0 Å². The van der Waals surface area contributed by atoms with Crippen LogP contribution in [0.4, 0.5) is 35.1 Å². The first-order valence-electron chi connectivity index (χ1n) is 4.55. The van der Waals surface area contributed by atoms with Crippen LogP contribution < -0.4 is 6.15 Å². The molecule has 4 nitrogen and oxygen atoms in total. The van der Waals surface area contributed by atoms with Crippen LogP contribution in [0.15, 0.2) is 0 Å². The first kappa shape index (κ1) is 21.6. The minimum absolute atomic E-state index is 0. The Morgan fingerprint density at radius 3 is 1.70 bits per heavy atom. The van der Waals surface area contributed by atoms with Crippen LogP contribution in [0.3, 0.4) is 0 Å². The van der Waals surface area contributed by atoms with Crippen molar-refractivity contribution >= 4 is 10.1 Å². The van der Waals surface area contributed by atoms with E-state index in [1.54, 1.807) is 0 Å². The van der Waals surface area contributed by atoms with Gasteiger partial charge in [0, 0.05) is 6.42 Å². The lowest BCUT2D eigenvalue weighted by atomic mass is 10.1. The van der Waals surface area contributed by atoms with Gasteiger partial charge in [-0.25, -0.2) is 12.8 Å². The highest BCUT2D eigenvalue weighted by molar-refractivity contribution is 7.86. The van der Waals surface area contributed by atoms with Gasteiger partial charge in [0.2, 0.25) is 0 Å². The number of hydrogen-bond donors (Lipinski definition) is 1. The predicted octanol–water partition coefficient (Wildman–Crippen LogP) is 3.21. The fourth-order valence-electron chi connectivity index (χ4n) is 1.01. The number of rotatable bonds is 6. The summed E-state index contributed by atoms with van der Waals surface area (Å²) in [5.74, 6) is -5.90. The molecule has 0 aliphatic carbocycles. The first-order chi connectivity index (χ1) is 8.13. The Hall–Kier alpha value is -0.690. The van der Waals surface area contributed by atoms with Crippen LogP contribution in [-0.2, 0) is 10.1 Å². The van der Waals surface area contributed by atoms with Crippen LogP contribution in [0, 0.1) is 0 Å². The minimum atomic E-state index is -6.85. The molecule has 0 spiro atoms. The van der Waals surface area contributed by atoms with Gasteiger partial charge >= 0.3 is 17.4 Å². The maximum atomic E-state index is 12.8. The second-order valence-electron chi connectivity index (χ2n) is 3.57. The molecule has 0 aliphatic rings. The highest BCUT2D eigenvalue weighted by atomic mass is 32.2. The van der Waals surface area contributed by atoms with Crippen molar-refractivity contribution in [2.24, 2.45) is 0 Å². The van der Waals surface area contributed by atoms with Gasteiger partial charge in [0.1, 0.15) is 0 Å². The van der Waals surface area contributed by atoms with Crippen LogP contribution in [0.25, 0.3) is 0 Å². The Kier molecular flexibility index (Phi) is 6.90. The van der Waals surface area contributed by atoms with Crippen molar-refractivity contribution in [3.8, 4) is 0 Å². The van der Waals surface area contributed by atoms with E-state index in [4.69, 9.17) is 0 Å². The largest absolute Gasteiger partial charge is 0.743 e. The van der Waals surface area contributed by atoms with Gasteiger partial charge in [0.15, 0.2) is 16.3 Å². The lowest BCUT2D eigenvalue weighted by Crippen LogP contribution is -2.52. The number of halogens is 8. The molecule has 0 aromatic carbocycles. The van der Waals surface area contributed by atoms with E-state index < -0.39 is 52.9 Å². The standard InChI is InChI=1S/C7H8F8O3S.H3N/c8-4(2-1-3-5(9,10)11)6(12,13)7(14,15)19(16,17)18;/h4H,1-3H2,(H,16,17,18);1H3. The van der Waals surface area contributed by atoms with Gasteiger partial charge in [0.25, 0.3) is 0 Å². The summed E-state index contributed by atoms with van der Waals surface area (Å²) in [4.78, 5) is 0. The predicted molar refractivity (Wildman–Crippen MR) is 50.4 cm³/mol. The Morgan fingerprint density at radius 2 is 1.40 bits per heavy atom. The van der Waals surface area contributed by atoms with Crippen molar-refractivity contribution in [1.29, 1.82) is 0 Å². The summed E-state index contributed by atoms with van der Waals surface area (Å²) in [6.45, 7) is 0. The topological polar surface area (TPSA) is 93.7 Å². The molecule has 1 atom stereocenters. The summed E-state index contributed by atoms with van der Waals surface area (Å²) in [6, 6.07) is 0. The third kappa shape index (κ3) is 5.01. The molecular weight excluding hydrogens is 330 g/mol. The number of quaternary nitrogens is 1. The van der Waals surface area contributed by atoms with Crippen LogP contribution in [-0.4, -0.2) is 36.5 Å². The van der Waals surface area contributed by atoms with Gasteiger partial charge < -0.3 is 10.7 Å². The molecular formula is C7H11F8NO3S. The van der Waals surface area contributed by atoms with E-state index in [-0.39, 0.29) is 6.15 Å². The van der Waals surface area contributed by atoms with Crippen LogP contribution in [0.5, 0.6) is 0 Å². The zero-order valence-electron chi connectivity index (χ0n) is 9.86. The molecule has 0 rings (SSSR count). The normalized spacial score (nSPS) is 15.7. The highest BCUT2D eigenvalue weighted by Crippen LogP contribution is 2.43. The zero-order chi connectivity index (χ0) is 15.7. The molecule has 0 heterocycles. The maximum Gasteiger partial charge on any atom is 0.399 e. The minimum Gasteiger partial charge on any atom is -0.743 e. The van der Waals surface area contributed by atoms with Crippen molar-refractivity contribution in [1.82, 2.24) is 6.15 Å². The monoisotopic (exact) mass is 341 g/mol. The second-order valence-corrected chi connectivity index (χ2v) is 4.99. The summed E-state index contributed by atoms with van der Waals surface area (Å²) >= 11 is 0. The molecule has 0 aromatic rings. The lowest BCUT2D eigenvalue weighted by Gasteiger charge is -2.30. The van der Waals surface area contributed by atoms with Crippen LogP contribution in [0.2, 0.25) is 0 Å². The van der Waals surface area contributed by atoms with Gasteiger partial charge in [-0.05, 0) is 12.8 Å². The van der Waals surface area contributed by atoms with Crippen molar-refractivity contribution in [2.45, 2.75) is 42.8 Å². The quantitative estimate of drug-likeness (QED) is 0.594. The maximum absolute atomic E-state index is 12.8. The molecule has 4 N–H and O–H groups in total. The zero-order valence-corrected chi connectivity index (χ0v) is 10.7. The lowest BCUT2D eigenvalue weighted by molar-refractivity contribution is -0.200. The highest BCUT2D eigenvalue weighted by Gasteiger charge is 2.66. The van der Waals surface area contributed by atoms with E-state index in [9.17, 15) is 48.1 Å². The molecule has 0 saturated heterocycles. The summed E-state index contributed by atoms with van der Waals surface area (Å²) in [7, 11) is -6.85. The van der Waals surface area contributed by atoms with Gasteiger partial charge in [0.05, 0.1) is 0 Å². The Labute approximate surface area is 108 Å². The Morgan fingerprint density at radius 1 is 1.00 bits per heavy atom. The first-order valence-corrected chi connectivity index (χ1v) is 5.95. The van der Waals surface area contributed by atoms with Crippen molar-refractivity contribution in [3.63, 3.8) is 0 Å². The summed E-state index contributed by atoms with van der Waals surface area (Å²) < 4.78 is 128. The number of alkyl halides is 8. The van der Waals surface area contributed by atoms with Crippen molar-refractivity contribution < 1.29 is 48.1 Å². The van der Waals surface area contributed by atoms with Crippen molar-refractivity contribution in [2.75, 3.05) is 0 Å². The van der Waals surface area contributed by atoms with Gasteiger partial charge in [-0.3, -0.25) is 0 Å². The average molecular weight is 341 g/mol. The summed E-state index contributed by atoms with van der Waals surface area (Å²) in [5, 5.41) is -6.24. The number of hydrogen-bond acceptors (Lipinski definition) is 3. The second kappa shape index (κ2) is 6.39. The van der Waals surface area contributed by atoms with Crippen molar-refractivity contribution in [3.05, 3.63) is 0 Å². The molecule has 0 aliphatic heterocycles. The van der Waals surface area contributed by atoms with Gasteiger partial charge in [-0.15, -0.1) is 0 Å². The molecule has 1 unspecified atom stereocenters. The molecule has 0 bridgehead atoms. The van der Waals surface area contributed by atoms with Crippen LogP contribution in [0.1, 0.15) is 19.3 Å². The van der Waals surface area contributed by atoms with Gasteiger partial charge in [-0.2, -0.15) is 30.7 Å². The molecule has 0 fully saturated rings. The molecule has 20 heavy (non-hydrogen) atoms. The Bertz CT molecular complexity index is 407. The van der Waals surface area contributed by atoms with E-state index >= 15 is 0 Å². The molecule has 0 aromatic heterocycles. The average Bonchev–Trinajstić information content (AvgIpc) is 2.13. The molecule has 0 radical (unpaired) electrons. The van der Waals surface area contributed by atoms with E-state index in [1.807, 2.05) is 0 Å². The fraction of sp³-hybridized carbons (Fsp3) is 1.00. The third-order valence-electron chi connectivity index (χ3n) is 2.01. The fourth-order valence-corrected chi connectivity index (χ4v) is 1.47. The Balaban J connectivity index is 0. The molecule has 13 heteroatoms. The summed E-state index contributed by atoms with van der Waals surface area (Å²) in [6.07, 6.45) is -13.3. The summed E-state index contributed by atoms with van der Waals surface area (Å²) in [5.41, 5.74) is 0. The third-order valence-corrected chi connectivity index (χ3v) is 2.91. The van der Waals surface area contributed by atoms with Crippen LogP contribution >= 0.6 is 0 Å². The molecule has 0 saturated carbocycles.